The molecular weight excluding hydrogens is 269 g/mol. The highest BCUT2D eigenvalue weighted by atomic mass is 32.2. The van der Waals surface area contributed by atoms with E-state index in [1.165, 1.54) is 12.1 Å². The average Bonchev–Trinajstić information content (AvgIpc) is 2.74. The number of fused-ring (bicyclic) bond motifs is 1. The Kier molecular flexibility index (Phi) is 3.09. The molecule has 0 fully saturated rings. The number of hydrogen-bond acceptors (Lipinski definition) is 3. The number of halogens is 1. The van der Waals surface area contributed by atoms with Crippen LogP contribution in [0.15, 0.2) is 35.7 Å². The molecule has 18 heavy (non-hydrogen) atoms. The number of thioether (sulfide) groups is 1. The molecule has 2 nitrogen and oxygen atoms in total. The number of amides is 1. The molecule has 92 valence electrons. The molecule has 0 bridgehead atoms. The molecule has 1 N–H and O–H groups in total. The zero-order valence-electron chi connectivity index (χ0n) is 9.35. The molecule has 0 radical (unpaired) electrons. The van der Waals surface area contributed by atoms with Crippen molar-refractivity contribution in [1.82, 2.24) is 0 Å². The highest BCUT2D eigenvalue weighted by Gasteiger charge is 2.25. The second-order valence-corrected chi connectivity index (χ2v) is 6.03. The van der Waals surface area contributed by atoms with E-state index in [-0.39, 0.29) is 17.0 Å². The number of hydrogen-bond donors (Lipinski definition) is 1. The molecule has 2 heterocycles. The second-order valence-electron chi connectivity index (χ2n) is 3.99. The highest BCUT2D eigenvalue weighted by Crippen LogP contribution is 2.44. The van der Waals surface area contributed by atoms with Crippen LogP contribution in [0.5, 0.6) is 0 Å². The van der Waals surface area contributed by atoms with Gasteiger partial charge in [-0.15, -0.1) is 23.1 Å². The Morgan fingerprint density at radius 2 is 2.00 bits per heavy atom. The lowest BCUT2D eigenvalue weighted by molar-refractivity contribution is -0.113. The molecule has 0 saturated carbocycles. The Morgan fingerprint density at radius 1 is 1.22 bits per heavy atom. The van der Waals surface area contributed by atoms with Gasteiger partial charge in [0.25, 0.3) is 0 Å². The van der Waals surface area contributed by atoms with E-state index in [9.17, 15) is 9.18 Å². The van der Waals surface area contributed by atoms with Gasteiger partial charge in [-0.2, -0.15) is 0 Å². The summed E-state index contributed by atoms with van der Waals surface area (Å²) in [5.41, 5.74) is 1.91. The van der Waals surface area contributed by atoms with E-state index >= 15 is 0 Å². The van der Waals surface area contributed by atoms with Gasteiger partial charge in [0.1, 0.15) is 5.82 Å². The van der Waals surface area contributed by atoms with Crippen molar-refractivity contribution in [3.05, 3.63) is 52.0 Å². The standard InChI is InChI=1S/C13H10FNOS2/c14-9-3-1-8(2-4-9)12-13-10(5-6-17-13)15-11(16)7-18-12/h1-6,12H,7H2,(H,15,16). The van der Waals surface area contributed by atoms with Crippen molar-refractivity contribution in [2.75, 3.05) is 11.1 Å². The maximum Gasteiger partial charge on any atom is 0.234 e. The molecule has 1 aromatic heterocycles. The van der Waals surface area contributed by atoms with E-state index in [2.05, 4.69) is 5.32 Å². The first kappa shape index (κ1) is 11.7. The Morgan fingerprint density at radius 3 is 2.78 bits per heavy atom. The Bertz CT molecular complexity index is 579. The third-order valence-electron chi connectivity index (χ3n) is 2.76. The first-order valence-electron chi connectivity index (χ1n) is 5.48. The molecule has 1 amide bonds. The summed E-state index contributed by atoms with van der Waals surface area (Å²) in [6, 6.07) is 8.41. The van der Waals surface area contributed by atoms with Crippen molar-refractivity contribution >= 4 is 34.7 Å². The van der Waals surface area contributed by atoms with Gasteiger partial charge < -0.3 is 5.32 Å². The topological polar surface area (TPSA) is 29.1 Å². The van der Waals surface area contributed by atoms with Gasteiger partial charge in [-0.05, 0) is 29.1 Å². The lowest BCUT2D eigenvalue weighted by Crippen LogP contribution is -2.11. The summed E-state index contributed by atoms with van der Waals surface area (Å²) in [7, 11) is 0. The molecule has 1 unspecified atom stereocenters. The van der Waals surface area contributed by atoms with Crippen LogP contribution in [0.2, 0.25) is 0 Å². The SMILES string of the molecule is O=C1CSC(c2ccc(F)cc2)c2sccc2N1. The van der Waals surface area contributed by atoms with Crippen LogP contribution in [0.3, 0.4) is 0 Å². The third kappa shape index (κ3) is 2.15. The summed E-state index contributed by atoms with van der Waals surface area (Å²) in [5.74, 6) is 0.200. The molecule has 1 atom stereocenters. The van der Waals surface area contributed by atoms with Crippen molar-refractivity contribution in [2.45, 2.75) is 5.25 Å². The van der Waals surface area contributed by atoms with Crippen LogP contribution in [-0.2, 0) is 4.79 Å². The summed E-state index contributed by atoms with van der Waals surface area (Å²) in [6.45, 7) is 0. The summed E-state index contributed by atoms with van der Waals surface area (Å²) >= 11 is 3.19. The number of carbonyl (C=O) groups is 1. The smallest absolute Gasteiger partial charge is 0.234 e. The number of benzene rings is 1. The number of anilines is 1. The highest BCUT2D eigenvalue weighted by molar-refractivity contribution is 8.00. The van der Waals surface area contributed by atoms with E-state index in [1.807, 2.05) is 11.4 Å². The lowest BCUT2D eigenvalue weighted by atomic mass is 10.1. The predicted molar refractivity (Wildman–Crippen MR) is 73.6 cm³/mol. The van der Waals surface area contributed by atoms with Crippen LogP contribution >= 0.6 is 23.1 Å². The van der Waals surface area contributed by atoms with Crippen molar-refractivity contribution < 1.29 is 9.18 Å². The largest absolute Gasteiger partial charge is 0.324 e. The van der Waals surface area contributed by atoms with Gasteiger partial charge in [0.05, 0.1) is 16.7 Å². The fraction of sp³-hybridized carbons (Fsp3) is 0.154. The van der Waals surface area contributed by atoms with Gasteiger partial charge in [0.2, 0.25) is 5.91 Å². The molecule has 1 aliphatic rings. The molecule has 1 aromatic carbocycles. The van der Waals surface area contributed by atoms with Gasteiger partial charge in [0.15, 0.2) is 0 Å². The van der Waals surface area contributed by atoms with Crippen LogP contribution < -0.4 is 5.32 Å². The molecule has 0 saturated heterocycles. The first-order chi connectivity index (χ1) is 8.74. The molecule has 0 spiro atoms. The minimum absolute atomic E-state index is 0.0178. The molecule has 3 rings (SSSR count). The lowest BCUT2D eigenvalue weighted by Gasteiger charge is -2.13. The second kappa shape index (κ2) is 4.74. The van der Waals surface area contributed by atoms with Crippen molar-refractivity contribution in [2.24, 2.45) is 0 Å². The summed E-state index contributed by atoms with van der Waals surface area (Å²) in [4.78, 5) is 12.7. The number of thiophene rings is 1. The summed E-state index contributed by atoms with van der Waals surface area (Å²) < 4.78 is 13.0. The number of rotatable bonds is 1. The van der Waals surface area contributed by atoms with E-state index in [4.69, 9.17) is 0 Å². The normalized spacial score (nSPS) is 18.9. The number of carbonyl (C=O) groups excluding carboxylic acids is 1. The molecule has 0 aliphatic carbocycles. The van der Waals surface area contributed by atoms with E-state index in [1.54, 1.807) is 35.2 Å². The zero-order chi connectivity index (χ0) is 12.5. The molecular formula is C13H10FNOS2. The summed E-state index contributed by atoms with van der Waals surface area (Å²) in [6.07, 6.45) is 0. The van der Waals surface area contributed by atoms with Crippen LogP contribution in [-0.4, -0.2) is 11.7 Å². The van der Waals surface area contributed by atoms with E-state index in [0.29, 0.717) is 5.75 Å². The third-order valence-corrected chi connectivity index (χ3v) is 5.16. The van der Waals surface area contributed by atoms with Crippen molar-refractivity contribution in [1.29, 1.82) is 0 Å². The minimum atomic E-state index is -0.238. The Labute approximate surface area is 112 Å². The van der Waals surface area contributed by atoms with E-state index < -0.39 is 0 Å². The van der Waals surface area contributed by atoms with Crippen molar-refractivity contribution in [3.8, 4) is 0 Å². The Hall–Kier alpha value is -1.33. The van der Waals surface area contributed by atoms with Crippen LogP contribution in [0.25, 0.3) is 0 Å². The van der Waals surface area contributed by atoms with Crippen LogP contribution in [0.4, 0.5) is 10.1 Å². The average molecular weight is 279 g/mol. The zero-order valence-corrected chi connectivity index (χ0v) is 11.0. The van der Waals surface area contributed by atoms with Gasteiger partial charge in [-0.25, -0.2) is 4.39 Å². The van der Waals surface area contributed by atoms with Crippen LogP contribution in [0.1, 0.15) is 15.7 Å². The van der Waals surface area contributed by atoms with E-state index in [0.717, 1.165) is 16.1 Å². The molecule has 1 aliphatic heterocycles. The van der Waals surface area contributed by atoms with Gasteiger partial charge in [-0.3, -0.25) is 4.79 Å². The minimum Gasteiger partial charge on any atom is -0.324 e. The monoisotopic (exact) mass is 279 g/mol. The molecule has 2 aromatic rings. The first-order valence-corrected chi connectivity index (χ1v) is 7.41. The fourth-order valence-electron chi connectivity index (χ4n) is 1.93. The maximum absolute atomic E-state index is 13.0. The number of nitrogens with one attached hydrogen (secondary N) is 1. The van der Waals surface area contributed by atoms with Gasteiger partial charge in [-0.1, -0.05) is 12.1 Å². The maximum atomic E-state index is 13.0. The molecule has 5 heteroatoms. The summed E-state index contributed by atoms with van der Waals surface area (Å²) in [5, 5.41) is 4.95. The fourth-order valence-corrected chi connectivity index (χ4v) is 4.18. The van der Waals surface area contributed by atoms with Gasteiger partial charge >= 0.3 is 0 Å². The quantitative estimate of drug-likeness (QED) is 0.863. The van der Waals surface area contributed by atoms with Crippen molar-refractivity contribution in [3.63, 3.8) is 0 Å². The van der Waals surface area contributed by atoms with Gasteiger partial charge in [0, 0.05) is 4.88 Å². The predicted octanol–water partition coefficient (Wildman–Crippen LogP) is 3.66. The Balaban J connectivity index is 2.02. The van der Waals surface area contributed by atoms with Crippen LogP contribution in [0, 0.1) is 5.82 Å².